The lowest BCUT2D eigenvalue weighted by Crippen LogP contribution is -2.24. The van der Waals surface area contributed by atoms with Gasteiger partial charge in [-0.25, -0.2) is 0 Å². The fraction of sp³-hybridized carbons (Fsp3) is 0.385. The molecule has 0 bridgehead atoms. The minimum absolute atomic E-state index is 0.125. The molecule has 4 nitrogen and oxygen atoms in total. The van der Waals surface area contributed by atoms with E-state index in [0.717, 1.165) is 18.7 Å². The second kappa shape index (κ2) is 5.28. The molecule has 94 valence electrons. The van der Waals surface area contributed by atoms with Crippen molar-refractivity contribution < 1.29 is 9.53 Å². The van der Waals surface area contributed by atoms with Gasteiger partial charge in [0.15, 0.2) is 0 Å². The molecule has 18 heavy (non-hydrogen) atoms. The Morgan fingerprint density at radius 3 is 3.06 bits per heavy atom. The van der Waals surface area contributed by atoms with E-state index in [2.05, 4.69) is 6.07 Å². The van der Waals surface area contributed by atoms with Crippen LogP contribution in [0.15, 0.2) is 18.2 Å². The highest BCUT2D eigenvalue weighted by Gasteiger charge is 2.30. The Morgan fingerprint density at radius 2 is 2.39 bits per heavy atom. The Labute approximate surface area is 111 Å². The fourth-order valence-corrected chi connectivity index (χ4v) is 2.37. The maximum absolute atomic E-state index is 11.5. The Kier molecular flexibility index (Phi) is 3.73. The lowest BCUT2D eigenvalue weighted by Gasteiger charge is -2.19. The van der Waals surface area contributed by atoms with E-state index >= 15 is 0 Å². The molecule has 0 saturated carbocycles. The fourth-order valence-electron chi connectivity index (χ4n) is 2.20. The van der Waals surface area contributed by atoms with Crippen LogP contribution in [0.3, 0.4) is 0 Å². The first-order valence-electron chi connectivity index (χ1n) is 5.68. The van der Waals surface area contributed by atoms with Crippen molar-refractivity contribution in [3.8, 4) is 6.07 Å². The highest BCUT2D eigenvalue weighted by Crippen LogP contribution is 2.29. The van der Waals surface area contributed by atoms with E-state index in [9.17, 15) is 4.79 Å². The summed E-state index contributed by atoms with van der Waals surface area (Å²) in [5.41, 5.74) is 1.36. The molecule has 1 aliphatic heterocycles. The number of nitrogens with zero attached hydrogens (tertiary/aromatic N) is 2. The summed E-state index contributed by atoms with van der Waals surface area (Å²) in [5, 5.41) is 9.67. The topological polar surface area (TPSA) is 53.3 Å². The largest absolute Gasteiger partial charge is 0.469 e. The van der Waals surface area contributed by atoms with Crippen molar-refractivity contribution in [1.29, 1.82) is 5.26 Å². The number of nitriles is 1. The van der Waals surface area contributed by atoms with Crippen LogP contribution < -0.4 is 4.90 Å². The Morgan fingerprint density at radius 1 is 1.61 bits per heavy atom. The van der Waals surface area contributed by atoms with E-state index in [1.807, 2.05) is 4.90 Å². The quantitative estimate of drug-likeness (QED) is 0.769. The van der Waals surface area contributed by atoms with Gasteiger partial charge in [-0.05, 0) is 24.6 Å². The van der Waals surface area contributed by atoms with Crippen molar-refractivity contribution in [2.75, 3.05) is 25.1 Å². The molecule has 1 aromatic rings. The van der Waals surface area contributed by atoms with Gasteiger partial charge in [0.1, 0.15) is 6.07 Å². The Balaban J connectivity index is 2.22. The molecule has 1 aliphatic rings. The number of methoxy groups -OCH3 is 1. The number of benzene rings is 1. The van der Waals surface area contributed by atoms with Crippen LogP contribution in [-0.4, -0.2) is 26.2 Å². The first kappa shape index (κ1) is 12.7. The highest BCUT2D eigenvalue weighted by molar-refractivity contribution is 6.30. The molecule has 1 unspecified atom stereocenters. The number of rotatable bonds is 2. The molecule has 1 atom stereocenters. The summed E-state index contributed by atoms with van der Waals surface area (Å²) in [5.74, 6) is -0.321. The zero-order chi connectivity index (χ0) is 13.1. The first-order valence-corrected chi connectivity index (χ1v) is 6.06. The molecule has 1 fully saturated rings. The average Bonchev–Trinajstić information content (AvgIpc) is 2.87. The lowest BCUT2D eigenvalue weighted by atomic mass is 10.1. The summed E-state index contributed by atoms with van der Waals surface area (Å²) in [6.07, 6.45) is 0.740. The van der Waals surface area contributed by atoms with Gasteiger partial charge in [-0.2, -0.15) is 5.26 Å². The predicted molar refractivity (Wildman–Crippen MR) is 68.5 cm³/mol. The molecular formula is C13H13ClN2O2. The van der Waals surface area contributed by atoms with Crippen LogP contribution in [0.1, 0.15) is 12.0 Å². The monoisotopic (exact) mass is 264 g/mol. The number of esters is 1. The summed E-state index contributed by atoms with van der Waals surface area (Å²) in [6, 6.07) is 7.29. The van der Waals surface area contributed by atoms with E-state index in [-0.39, 0.29) is 11.9 Å². The summed E-state index contributed by atoms with van der Waals surface area (Å²) in [4.78, 5) is 13.5. The van der Waals surface area contributed by atoms with Crippen molar-refractivity contribution >= 4 is 23.3 Å². The number of carbonyl (C=O) groups excluding carboxylic acids is 1. The van der Waals surface area contributed by atoms with Crippen LogP contribution in [0, 0.1) is 17.2 Å². The summed E-state index contributed by atoms with van der Waals surface area (Å²) < 4.78 is 4.74. The maximum Gasteiger partial charge on any atom is 0.310 e. The molecular weight excluding hydrogens is 252 g/mol. The van der Waals surface area contributed by atoms with Crippen LogP contribution in [-0.2, 0) is 9.53 Å². The summed E-state index contributed by atoms with van der Waals surface area (Å²) in [6.45, 7) is 1.30. The normalized spacial score (nSPS) is 18.5. The van der Waals surface area contributed by atoms with Crippen molar-refractivity contribution in [1.82, 2.24) is 0 Å². The van der Waals surface area contributed by atoms with Gasteiger partial charge < -0.3 is 9.64 Å². The molecule has 1 aromatic carbocycles. The SMILES string of the molecule is COC(=O)C1CCN(c2cc(Cl)ccc2C#N)C1. The van der Waals surface area contributed by atoms with E-state index in [4.69, 9.17) is 21.6 Å². The Bertz CT molecular complexity index is 510. The molecule has 0 aliphatic carbocycles. The van der Waals surface area contributed by atoms with Crippen molar-refractivity contribution in [2.45, 2.75) is 6.42 Å². The van der Waals surface area contributed by atoms with E-state index in [1.165, 1.54) is 7.11 Å². The Hall–Kier alpha value is -1.73. The van der Waals surface area contributed by atoms with E-state index in [0.29, 0.717) is 17.1 Å². The van der Waals surface area contributed by atoms with Gasteiger partial charge >= 0.3 is 5.97 Å². The molecule has 0 N–H and O–H groups in total. The number of halogens is 1. The molecule has 0 amide bonds. The van der Waals surface area contributed by atoms with Crippen molar-refractivity contribution in [3.05, 3.63) is 28.8 Å². The van der Waals surface area contributed by atoms with Crippen LogP contribution in [0.25, 0.3) is 0 Å². The van der Waals surface area contributed by atoms with Crippen LogP contribution in [0.2, 0.25) is 5.02 Å². The minimum atomic E-state index is -0.196. The van der Waals surface area contributed by atoms with Gasteiger partial charge in [0.2, 0.25) is 0 Å². The minimum Gasteiger partial charge on any atom is -0.469 e. The lowest BCUT2D eigenvalue weighted by molar-refractivity contribution is -0.144. The van der Waals surface area contributed by atoms with Crippen molar-refractivity contribution in [3.63, 3.8) is 0 Å². The van der Waals surface area contributed by atoms with Crippen LogP contribution in [0.5, 0.6) is 0 Å². The van der Waals surface area contributed by atoms with Crippen LogP contribution in [0.4, 0.5) is 5.69 Å². The standard InChI is InChI=1S/C13H13ClN2O2/c1-18-13(17)10-4-5-16(8-10)12-6-11(14)3-2-9(12)7-15/h2-3,6,10H,4-5,8H2,1H3. The average molecular weight is 265 g/mol. The predicted octanol–water partition coefficient (Wildman–Crippen LogP) is 2.21. The number of ether oxygens (including phenoxy) is 1. The molecule has 1 saturated heterocycles. The maximum atomic E-state index is 11.5. The molecule has 2 rings (SSSR count). The smallest absolute Gasteiger partial charge is 0.310 e. The van der Waals surface area contributed by atoms with Crippen molar-refractivity contribution in [2.24, 2.45) is 5.92 Å². The highest BCUT2D eigenvalue weighted by atomic mass is 35.5. The molecule has 0 aromatic heterocycles. The third kappa shape index (κ3) is 2.41. The van der Waals surface area contributed by atoms with Gasteiger partial charge in [0.25, 0.3) is 0 Å². The van der Waals surface area contributed by atoms with Gasteiger partial charge in [-0.1, -0.05) is 11.6 Å². The number of hydrogen-bond donors (Lipinski definition) is 0. The van der Waals surface area contributed by atoms with Gasteiger partial charge in [0, 0.05) is 18.1 Å². The zero-order valence-corrected chi connectivity index (χ0v) is 10.8. The number of carbonyl (C=O) groups is 1. The second-order valence-corrected chi connectivity index (χ2v) is 4.66. The van der Waals surface area contributed by atoms with Gasteiger partial charge in [-0.15, -0.1) is 0 Å². The number of anilines is 1. The third-order valence-electron chi connectivity index (χ3n) is 3.14. The first-order chi connectivity index (χ1) is 8.65. The molecule has 0 radical (unpaired) electrons. The summed E-state index contributed by atoms with van der Waals surface area (Å²) in [7, 11) is 1.39. The van der Waals surface area contributed by atoms with Gasteiger partial charge in [0.05, 0.1) is 24.3 Å². The van der Waals surface area contributed by atoms with E-state index < -0.39 is 0 Å². The molecule has 0 spiro atoms. The number of hydrogen-bond acceptors (Lipinski definition) is 4. The van der Waals surface area contributed by atoms with Crippen LogP contribution >= 0.6 is 11.6 Å². The molecule has 1 heterocycles. The van der Waals surface area contributed by atoms with E-state index in [1.54, 1.807) is 18.2 Å². The third-order valence-corrected chi connectivity index (χ3v) is 3.38. The zero-order valence-electron chi connectivity index (χ0n) is 10.0. The second-order valence-electron chi connectivity index (χ2n) is 4.23. The molecule has 5 heteroatoms. The summed E-state index contributed by atoms with van der Waals surface area (Å²) >= 11 is 5.95. The van der Waals surface area contributed by atoms with Gasteiger partial charge in [-0.3, -0.25) is 4.79 Å².